The van der Waals surface area contributed by atoms with Gasteiger partial charge in [0.15, 0.2) is 0 Å². The molecule has 0 bridgehead atoms. The van der Waals surface area contributed by atoms with Crippen molar-refractivity contribution in [3.63, 3.8) is 0 Å². The Bertz CT molecular complexity index is 987. The van der Waals surface area contributed by atoms with Crippen LogP contribution < -0.4 is 4.74 Å². The van der Waals surface area contributed by atoms with E-state index in [1.165, 1.54) is 10.5 Å². The van der Waals surface area contributed by atoms with Crippen LogP contribution in [-0.2, 0) is 10.0 Å². The summed E-state index contributed by atoms with van der Waals surface area (Å²) >= 11 is 0. The average molecular weight is 355 g/mol. The molecule has 0 amide bonds. The van der Waals surface area contributed by atoms with Crippen LogP contribution in [0.15, 0.2) is 66.0 Å². The summed E-state index contributed by atoms with van der Waals surface area (Å²) in [6.07, 6.45) is 5.10. The topological polar surface area (TPSA) is 72.4 Å². The third-order valence-corrected chi connectivity index (χ3v) is 6.12. The number of sulfonamides is 1. The number of nitrogens with zero attached hydrogens (tertiary/aromatic N) is 3. The van der Waals surface area contributed by atoms with Crippen LogP contribution in [0.3, 0.4) is 0 Å². The zero-order valence-corrected chi connectivity index (χ0v) is 14.3. The monoisotopic (exact) mass is 355 g/mol. The van der Waals surface area contributed by atoms with Crippen molar-refractivity contribution in [3.05, 3.63) is 61.1 Å². The lowest BCUT2D eigenvalue weighted by Gasteiger charge is -2.17. The molecule has 0 N–H and O–H groups in total. The van der Waals surface area contributed by atoms with Crippen LogP contribution in [0.1, 0.15) is 6.42 Å². The van der Waals surface area contributed by atoms with E-state index < -0.39 is 10.0 Å². The van der Waals surface area contributed by atoms with Gasteiger partial charge in [0.1, 0.15) is 22.3 Å². The highest BCUT2D eigenvalue weighted by Gasteiger charge is 2.34. The van der Waals surface area contributed by atoms with Crippen molar-refractivity contribution in [1.82, 2.24) is 14.3 Å². The fraction of sp³-hybridized carbons (Fsp3) is 0.222. The van der Waals surface area contributed by atoms with Crippen molar-refractivity contribution < 1.29 is 13.2 Å². The van der Waals surface area contributed by atoms with Crippen LogP contribution in [0.4, 0.5) is 0 Å². The van der Waals surface area contributed by atoms with Crippen LogP contribution >= 0.6 is 0 Å². The lowest BCUT2D eigenvalue weighted by atomic mass is 10.2. The summed E-state index contributed by atoms with van der Waals surface area (Å²) in [5, 5.41) is 0.998. The summed E-state index contributed by atoms with van der Waals surface area (Å²) in [6, 6.07) is 12.8. The second-order valence-electron chi connectivity index (χ2n) is 5.91. The summed E-state index contributed by atoms with van der Waals surface area (Å²) < 4.78 is 32.8. The van der Waals surface area contributed by atoms with Crippen LogP contribution in [-0.4, -0.2) is 41.9 Å². The van der Waals surface area contributed by atoms with Gasteiger partial charge in [-0.15, -0.1) is 0 Å². The number of hydrogen-bond acceptors (Lipinski definition) is 5. The number of aromatic nitrogens is 2. The average Bonchev–Trinajstić information content (AvgIpc) is 3.12. The smallest absolute Gasteiger partial charge is 0.244 e. The van der Waals surface area contributed by atoms with Crippen LogP contribution in [0.5, 0.6) is 5.75 Å². The predicted octanol–water partition coefficient (Wildman–Crippen LogP) is 2.47. The first-order valence-electron chi connectivity index (χ1n) is 8.05. The molecule has 1 saturated heterocycles. The minimum Gasteiger partial charge on any atom is -0.487 e. The SMILES string of the molecule is O=S(=O)(c1cccnc1)N1CC[C@H](Oc2cccc3cccnc23)C1. The molecule has 25 heavy (non-hydrogen) atoms. The van der Waals surface area contributed by atoms with E-state index in [0.717, 1.165) is 10.9 Å². The Morgan fingerprint density at radius 1 is 1.08 bits per heavy atom. The van der Waals surface area contributed by atoms with Gasteiger partial charge < -0.3 is 4.74 Å². The van der Waals surface area contributed by atoms with Gasteiger partial charge in [0, 0.05) is 30.5 Å². The van der Waals surface area contributed by atoms with E-state index in [9.17, 15) is 8.42 Å². The fourth-order valence-electron chi connectivity index (χ4n) is 3.01. The highest BCUT2D eigenvalue weighted by Crippen LogP contribution is 2.27. The summed E-state index contributed by atoms with van der Waals surface area (Å²) in [5.74, 6) is 0.684. The molecule has 0 spiro atoms. The Kier molecular flexibility index (Phi) is 4.10. The Hall–Kier alpha value is -2.51. The van der Waals surface area contributed by atoms with Crippen LogP contribution in [0.25, 0.3) is 10.9 Å². The van der Waals surface area contributed by atoms with E-state index in [-0.39, 0.29) is 11.0 Å². The molecule has 128 valence electrons. The molecule has 1 atom stereocenters. The molecule has 3 aromatic rings. The molecule has 0 saturated carbocycles. The predicted molar refractivity (Wildman–Crippen MR) is 93.8 cm³/mol. The number of pyridine rings is 2. The van der Waals surface area contributed by atoms with Crippen molar-refractivity contribution in [2.75, 3.05) is 13.1 Å². The van der Waals surface area contributed by atoms with Gasteiger partial charge in [-0.1, -0.05) is 18.2 Å². The van der Waals surface area contributed by atoms with E-state index in [4.69, 9.17) is 4.74 Å². The van der Waals surface area contributed by atoms with Gasteiger partial charge in [0.25, 0.3) is 0 Å². The van der Waals surface area contributed by atoms with E-state index in [1.807, 2.05) is 30.3 Å². The zero-order chi connectivity index (χ0) is 17.3. The van der Waals surface area contributed by atoms with Crippen LogP contribution in [0, 0.1) is 0 Å². The number of hydrogen-bond donors (Lipinski definition) is 0. The lowest BCUT2D eigenvalue weighted by molar-refractivity contribution is 0.218. The largest absolute Gasteiger partial charge is 0.487 e. The maximum absolute atomic E-state index is 12.7. The molecule has 2 aromatic heterocycles. The lowest BCUT2D eigenvalue weighted by Crippen LogP contribution is -2.31. The number of para-hydroxylation sites is 1. The Labute approximate surface area is 146 Å². The molecular formula is C18H17N3O3S. The van der Waals surface area contributed by atoms with Gasteiger partial charge in [0.05, 0.1) is 6.54 Å². The van der Waals surface area contributed by atoms with Gasteiger partial charge in [-0.3, -0.25) is 9.97 Å². The Balaban J connectivity index is 1.53. The molecule has 6 nitrogen and oxygen atoms in total. The number of fused-ring (bicyclic) bond motifs is 1. The van der Waals surface area contributed by atoms with Crippen molar-refractivity contribution in [2.45, 2.75) is 17.4 Å². The van der Waals surface area contributed by atoms with Gasteiger partial charge in [0.2, 0.25) is 10.0 Å². The quantitative estimate of drug-likeness (QED) is 0.719. The molecule has 7 heteroatoms. The molecular weight excluding hydrogens is 338 g/mol. The van der Waals surface area contributed by atoms with E-state index in [1.54, 1.807) is 24.5 Å². The highest BCUT2D eigenvalue weighted by atomic mass is 32.2. The third kappa shape index (κ3) is 3.08. The maximum Gasteiger partial charge on any atom is 0.244 e. The van der Waals surface area contributed by atoms with Gasteiger partial charge in [-0.25, -0.2) is 8.42 Å². The first-order chi connectivity index (χ1) is 12.1. The molecule has 1 fully saturated rings. The minimum absolute atomic E-state index is 0.195. The highest BCUT2D eigenvalue weighted by molar-refractivity contribution is 7.89. The van der Waals surface area contributed by atoms with E-state index in [0.29, 0.717) is 25.3 Å². The van der Waals surface area contributed by atoms with Crippen molar-refractivity contribution in [2.24, 2.45) is 0 Å². The van der Waals surface area contributed by atoms with Gasteiger partial charge >= 0.3 is 0 Å². The van der Waals surface area contributed by atoms with E-state index in [2.05, 4.69) is 9.97 Å². The van der Waals surface area contributed by atoms with E-state index >= 15 is 0 Å². The first kappa shape index (κ1) is 16.0. The summed E-state index contributed by atoms with van der Waals surface area (Å²) in [7, 11) is -3.53. The third-order valence-electron chi connectivity index (χ3n) is 4.27. The molecule has 1 aliphatic rings. The van der Waals surface area contributed by atoms with Crippen LogP contribution in [0.2, 0.25) is 0 Å². The Morgan fingerprint density at radius 2 is 1.92 bits per heavy atom. The summed E-state index contributed by atoms with van der Waals surface area (Å²) in [4.78, 5) is 8.48. The zero-order valence-electron chi connectivity index (χ0n) is 13.4. The number of benzene rings is 1. The second-order valence-corrected chi connectivity index (χ2v) is 7.85. The maximum atomic E-state index is 12.7. The van der Waals surface area contributed by atoms with Gasteiger partial charge in [-0.2, -0.15) is 4.31 Å². The minimum atomic E-state index is -3.53. The molecule has 0 unspecified atom stereocenters. The second kappa shape index (κ2) is 6.42. The molecule has 4 rings (SSSR count). The summed E-state index contributed by atoms with van der Waals surface area (Å²) in [6.45, 7) is 0.751. The van der Waals surface area contributed by atoms with Gasteiger partial charge in [-0.05, 0) is 30.7 Å². The normalized spacial score (nSPS) is 18.5. The molecule has 3 heterocycles. The van der Waals surface area contributed by atoms with Crippen molar-refractivity contribution in [1.29, 1.82) is 0 Å². The Morgan fingerprint density at radius 3 is 2.76 bits per heavy atom. The summed E-state index contributed by atoms with van der Waals surface area (Å²) in [5.41, 5.74) is 0.790. The van der Waals surface area contributed by atoms with Crippen molar-refractivity contribution in [3.8, 4) is 5.75 Å². The number of rotatable bonds is 4. The molecule has 0 radical (unpaired) electrons. The fourth-order valence-corrected chi connectivity index (χ4v) is 4.46. The first-order valence-corrected chi connectivity index (χ1v) is 9.49. The standard InChI is InChI=1S/C18H17N3O3S/c22-25(23,16-6-3-9-19-12-16)21-11-8-15(13-21)24-17-7-1-4-14-5-2-10-20-18(14)17/h1-7,9-10,12,15H,8,11,13H2/t15-/m0/s1. The number of ether oxygens (including phenoxy) is 1. The molecule has 0 aliphatic carbocycles. The molecule has 1 aromatic carbocycles. The molecule has 1 aliphatic heterocycles. The van der Waals surface area contributed by atoms with Crippen molar-refractivity contribution >= 4 is 20.9 Å².